The number of amides is 3. The van der Waals surface area contributed by atoms with Crippen LogP contribution >= 0.6 is 0 Å². The third kappa shape index (κ3) is 4.07. The second-order valence-electron chi connectivity index (χ2n) is 5.80. The molecule has 1 unspecified atom stereocenters. The summed E-state index contributed by atoms with van der Waals surface area (Å²) < 4.78 is 0. The normalized spacial score (nSPS) is 17.3. The molecule has 1 aromatic carbocycles. The van der Waals surface area contributed by atoms with Gasteiger partial charge < -0.3 is 16.0 Å². The van der Waals surface area contributed by atoms with Crippen LogP contribution in [0.4, 0.5) is 5.69 Å². The van der Waals surface area contributed by atoms with Crippen LogP contribution in [-0.2, 0) is 9.59 Å². The first kappa shape index (κ1) is 16.0. The lowest BCUT2D eigenvalue weighted by atomic mass is 10.1. The summed E-state index contributed by atoms with van der Waals surface area (Å²) in [6.45, 7) is 4.71. The molecule has 0 spiro atoms. The Morgan fingerprint density at radius 2 is 2.00 bits per heavy atom. The van der Waals surface area contributed by atoms with E-state index in [9.17, 15) is 14.4 Å². The van der Waals surface area contributed by atoms with Crippen LogP contribution in [0.2, 0.25) is 0 Å². The molecule has 22 heavy (non-hydrogen) atoms. The Kier molecular flexibility index (Phi) is 5.14. The van der Waals surface area contributed by atoms with E-state index in [4.69, 9.17) is 0 Å². The van der Waals surface area contributed by atoms with Gasteiger partial charge in [0.25, 0.3) is 5.91 Å². The topological polar surface area (TPSA) is 87.3 Å². The summed E-state index contributed by atoms with van der Waals surface area (Å²) in [5.41, 5.74) is 0.867. The third-order valence-corrected chi connectivity index (χ3v) is 3.48. The number of carbonyl (C=O) groups excluding carboxylic acids is 3. The molecule has 0 aromatic heterocycles. The number of para-hydroxylation sites is 1. The van der Waals surface area contributed by atoms with Gasteiger partial charge in [-0.25, -0.2) is 0 Å². The fourth-order valence-electron chi connectivity index (χ4n) is 2.21. The van der Waals surface area contributed by atoms with Crippen molar-refractivity contribution in [1.29, 1.82) is 0 Å². The van der Waals surface area contributed by atoms with Gasteiger partial charge in [0.1, 0.15) is 6.04 Å². The summed E-state index contributed by atoms with van der Waals surface area (Å²) in [6.07, 6.45) is 0.810. The Bertz CT molecular complexity index is 584. The fraction of sp³-hybridized carbons (Fsp3) is 0.438. The minimum Gasteiger partial charge on any atom is -0.356 e. The molecule has 1 aromatic rings. The van der Waals surface area contributed by atoms with Crippen molar-refractivity contribution in [2.45, 2.75) is 32.7 Å². The predicted octanol–water partition coefficient (Wildman–Crippen LogP) is 1.29. The molecule has 3 N–H and O–H groups in total. The van der Waals surface area contributed by atoms with E-state index in [-0.39, 0.29) is 24.1 Å². The zero-order valence-electron chi connectivity index (χ0n) is 12.8. The zero-order valence-corrected chi connectivity index (χ0v) is 12.8. The highest BCUT2D eigenvalue weighted by Crippen LogP contribution is 2.18. The van der Waals surface area contributed by atoms with Crippen LogP contribution in [0.15, 0.2) is 24.3 Å². The van der Waals surface area contributed by atoms with Gasteiger partial charge in [-0.1, -0.05) is 26.0 Å². The molecule has 118 valence electrons. The molecule has 0 saturated carbocycles. The van der Waals surface area contributed by atoms with Gasteiger partial charge in [-0.15, -0.1) is 0 Å². The number of nitrogens with one attached hydrogen (secondary N) is 3. The van der Waals surface area contributed by atoms with Crippen molar-refractivity contribution in [3.63, 3.8) is 0 Å². The maximum Gasteiger partial charge on any atom is 0.254 e. The van der Waals surface area contributed by atoms with Gasteiger partial charge in [0, 0.05) is 6.54 Å². The first-order chi connectivity index (χ1) is 10.5. The van der Waals surface area contributed by atoms with Crippen LogP contribution in [0.3, 0.4) is 0 Å². The maximum atomic E-state index is 12.1. The fourth-order valence-corrected chi connectivity index (χ4v) is 2.21. The van der Waals surface area contributed by atoms with Crippen molar-refractivity contribution in [2.24, 2.45) is 5.92 Å². The molecule has 0 bridgehead atoms. The Labute approximate surface area is 129 Å². The van der Waals surface area contributed by atoms with Gasteiger partial charge >= 0.3 is 0 Å². The van der Waals surface area contributed by atoms with Crippen LogP contribution in [0.1, 0.15) is 37.0 Å². The average molecular weight is 303 g/mol. The van der Waals surface area contributed by atoms with Gasteiger partial charge in [0.15, 0.2) is 0 Å². The Morgan fingerprint density at radius 3 is 2.73 bits per heavy atom. The summed E-state index contributed by atoms with van der Waals surface area (Å²) in [5, 5.41) is 8.05. The van der Waals surface area contributed by atoms with E-state index < -0.39 is 6.04 Å². The summed E-state index contributed by atoms with van der Waals surface area (Å²) in [7, 11) is 0. The van der Waals surface area contributed by atoms with Gasteiger partial charge in [-0.05, 0) is 24.5 Å². The summed E-state index contributed by atoms with van der Waals surface area (Å²) in [5.74, 6) is -0.478. The molecule has 3 amide bonds. The molecule has 1 atom stereocenters. The minimum absolute atomic E-state index is 0.0658. The second-order valence-corrected chi connectivity index (χ2v) is 5.80. The van der Waals surface area contributed by atoms with Crippen LogP contribution < -0.4 is 16.0 Å². The van der Waals surface area contributed by atoms with E-state index in [1.54, 1.807) is 24.3 Å². The first-order valence-corrected chi connectivity index (χ1v) is 7.45. The van der Waals surface area contributed by atoms with Gasteiger partial charge in [0.05, 0.1) is 17.7 Å². The molecule has 0 aliphatic carbocycles. The Morgan fingerprint density at radius 1 is 1.27 bits per heavy atom. The number of fused-ring (bicyclic) bond motifs is 1. The van der Waals surface area contributed by atoms with E-state index in [1.807, 2.05) is 0 Å². The van der Waals surface area contributed by atoms with Crippen LogP contribution in [-0.4, -0.2) is 30.3 Å². The highest BCUT2D eigenvalue weighted by Gasteiger charge is 2.29. The monoisotopic (exact) mass is 303 g/mol. The second kappa shape index (κ2) is 7.06. The van der Waals surface area contributed by atoms with E-state index in [2.05, 4.69) is 29.8 Å². The lowest BCUT2D eigenvalue weighted by Gasteiger charge is -2.14. The molecule has 0 saturated heterocycles. The van der Waals surface area contributed by atoms with Gasteiger partial charge in [0.2, 0.25) is 11.8 Å². The standard InChI is InChI=1S/C16H21N3O3/c1-10(2)7-8-17-14(20)9-13-16(22)18-12-6-4-3-5-11(12)15(21)19-13/h3-6,10,13H,7-9H2,1-2H3,(H,17,20)(H,18,22)(H,19,21). The molecule has 6 nitrogen and oxygen atoms in total. The van der Waals surface area contributed by atoms with Crippen molar-refractivity contribution in [2.75, 3.05) is 11.9 Å². The molecule has 6 heteroatoms. The molecule has 2 rings (SSSR count). The SMILES string of the molecule is CC(C)CCNC(=O)CC1NC(=O)c2ccccc2NC1=O. The lowest BCUT2D eigenvalue weighted by molar-refractivity contribution is -0.125. The average Bonchev–Trinajstić information content (AvgIpc) is 2.57. The van der Waals surface area contributed by atoms with Crippen molar-refractivity contribution >= 4 is 23.4 Å². The van der Waals surface area contributed by atoms with Crippen LogP contribution in [0, 0.1) is 5.92 Å². The predicted molar refractivity (Wildman–Crippen MR) is 83.4 cm³/mol. The van der Waals surface area contributed by atoms with Crippen molar-refractivity contribution < 1.29 is 14.4 Å². The number of rotatable bonds is 5. The van der Waals surface area contributed by atoms with Crippen molar-refractivity contribution in [3.8, 4) is 0 Å². The summed E-state index contributed by atoms with van der Waals surface area (Å²) in [6, 6.07) is 5.90. The van der Waals surface area contributed by atoms with Crippen molar-refractivity contribution in [1.82, 2.24) is 10.6 Å². The highest BCUT2D eigenvalue weighted by atomic mass is 16.2. The largest absolute Gasteiger partial charge is 0.356 e. The number of hydrogen-bond donors (Lipinski definition) is 3. The summed E-state index contributed by atoms with van der Waals surface area (Å²) >= 11 is 0. The van der Waals surface area contributed by atoms with E-state index in [1.165, 1.54) is 0 Å². The van der Waals surface area contributed by atoms with Gasteiger partial charge in [-0.2, -0.15) is 0 Å². The van der Waals surface area contributed by atoms with E-state index >= 15 is 0 Å². The lowest BCUT2D eigenvalue weighted by Crippen LogP contribution is -2.44. The number of carbonyl (C=O) groups is 3. The smallest absolute Gasteiger partial charge is 0.254 e. The third-order valence-electron chi connectivity index (χ3n) is 3.48. The maximum absolute atomic E-state index is 12.1. The highest BCUT2D eigenvalue weighted by molar-refractivity contribution is 6.10. The molecular weight excluding hydrogens is 282 g/mol. The molecule has 1 aliphatic heterocycles. The molecular formula is C16H21N3O3. The number of hydrogen-bond acceptors (Lipinski definition) is 3. The number of anilines is 1. The molecule has 1 heterocycles. The Hall–Kier alpha value is -2.37. The van der Waals surface area contributed by atoms with Gasteiger partial charge in [-0.3, -0.25) is 14.4 Å². The van der Waals surface area contributed by atoms with Crippen LogP contribution in [0.5, 0.6) is 0 Å². The molecule has 0 radical (unpaired) electrons. The zero-order chi connectivity index (χ0) is 16.1. The number of benzene rings is 1. The molecule has 0 fully saturated rings. The quantitative estimate of drug-likeness (QED) is 0.766. The molecule has 1 aliphatic rings. The minimum atomic E-state index is -0.862. The van der Waals surface area contributed by atoms with E-state index in [0.29, 0.717) is 23.7 Å². The van der Waals surface area contributed by atoms with Crippen molar-refractivity contribution in [3.05, 3.63) is 29.8 Å². The van der Waals surface area contributed by atoms with Crippen LogP contribution in [0.25, 0.3) is 0 Å². The Balaban J connectivity index is 1.97. The first-order valence-electron chi connectivity index (χ1n) is 7.45. The summed E-state index contributed by atoms with van der Waals surface area (Å²) in [4.78, 5) is 36.1. The van der Waals surface area contributed by atoms with E-state index in [0.717, 1.165) is 6.42 Å².